The summed E-state index contributed by atoms with van der Waals surface area (Å²) in [6.07, 6.45) is 0. The first kappa shape index (κ1) is 14.0. The lowest BCUT2D eigenvalue weighted by Crippen LogP contribution is -2.15. The molecule has 20 heavy (non-hydrogen) atoms. The SMILES string of the molecule is COc1ccc(OCC(=O)c2c(F)cccc2F)cc1. The van der Waals surface area contributed by atoms with Gasteiger partial charge in [-0.2, -0.15) is 0 Å². The first-order valence-corrected chi connectivity index (χ1v) is 5.86. The molecule has 2 aromatic rings. The summed E-state index contributed by atoms with van der Waals surface area (Å²) < 4.78 is 37.0. The molecule has 0 bridgehead atoms. The van der Waals surface area contributed by atoms with Crippen LogP contribution in [0.4, 0.5) is 8.78 Å². The first-order valence-electron chi connectivity index (χ1n) is 5.86. The molecule has 0 spiro atoms. The van der Waals surface area contributed by atoms with Gasteiger partial charge in [0.05, 0.1) is 12.7 Å². The molecule has 0 saturated carbocycles. The second-order valence-corrected chi connectivity index (χ2v) is 3.98. The van der Waals surface area contributed by atoms with Gasteiger partial charge in [-0.15, -0.1) is 0 Å². The normalized spacial score (nSPS) is 10.2. The van der Waals surface area contributed by atoms with Gasteiger partial charge in [0, 0.05) is 0 Å². The molecule has 0 fully saturated rings. The van der Waals surface area contributed by atoms with E-state index in [1.165, 1.54) is 13.2 Å². The molecule has 0 aliphatic heterocycles. The first-order chi connectivity index (χ1) is 9.61. The Morgan fingerprint density at radius 3 is 2.10 bits per heavy atom. The second-order valence-electron chi connectivity index (χ2n) is 3.98. The quantitative estimate of drug-likeness (QED) is 0.788. The minimum Gasteiger partial charge on any atom is -0.497 e. The molecule has 104 valence electrons. The van der Waals surface area contributed by atoms with Crippen molar-refractivity contribution in [2.45, 2.75) is 0 Å². The third-order valence-electron chi connectivity index (χ3n) is 2.67. The number of carbonyl (C=O) groups is 1. The molecule has 0 saturated heterocycles. The fourth-order valence-corrected chi connectivity index (χ4v) is 1.66. The number of methoxy groups -OCH3 is 1. The van der Waals surface area contributed by atoms with Gasteiger partial charge in [-0.05, 0) is 36.4 Å². The number of hydrogen-bond acceptors (Lipinski definition) is 3. The molecule has 0 aliphatic rings. The Morgan fingerprint density at radius 1 is 1.00 bits per heavy atom. The number of ketones is 1. The maximum absolute atomic E-state index is 13.4. The van der Waals surface area contributed by atoms with Gasteiger partial charge in [-0.3, -0.25) is 4.79 Å². The van der Waals surface area contributed by atoms with E-state index in [0.29, 0.717) is 11.5 Å². The van der Waals surface area contributed by atoms with E-state index in [1.807, 2.05) is 0 Å². The summed E-state index contributed by atoms with van der Waals surface area (Å²) in [7, 11) is 1.53. The molecule has 0 heterocycles. The average molecular weight is 278 g/mol. The zero-order valence-corrected chi connectivity index (χ0v) is 10.7. The number of ether oxygens (including phenoxy) is 2. The maximum Gasteiger partial charge on any atom is 0.206 e. The van der Waals surface area contributed by atoms with Crippen LogP contribution < -0.4 is 9.47 Å². The van der Waals surface area contributed by atoms with Crippen LogP contribution >= 0.6 is 0 Å². The Kier molecular flexibility index (Phi) is 4.30. The standard InChI is InChI=1S/C15H12F2O3/c1-19-10-5-7-11(8-6-10)20-9-14(18)15-12(16)3-2-4-13(15)17/h2-8H,9H2,1H3. The van der Waals surface area contributed by atoms with Gasteiger partial charge in [0.2, 0.25) is 5.78 Å². The Bertz CT molecular complexity index is 589. The smallest absolute Gasteiger partial charge is 0.206 e. The number of Topliss-reactive ketones (excluding diaryl/α,β-unsaturated/α-hetero) is 1. The maximum atomic E-state index is 13.4. The topological polar surface area (TPSA) is 35.5 Å². The highest BCUT2D eigenvalue weighted by Gasteiger charge is 2.17. The average Bonchev–Trinajstić information content (AvgIpc) is 2.45. The van der Waals surface area contributed by atoms with Crippen molar-refractivity contribution in [3.8, 4) is 11.5 Å². The molecule has 0 unspecified atom stereocenters. The van der Waals surface area contributed by atoms with Crippen molar-refractivity contribution < 1.29 is 23.0 Å². The summed E-state index contributed by atoms with van der Waals surface area (Å²) in [5.41, 5.74) is -0.582. The molecule has 5 heteroatoms. The summed E-state index contributed by atoms with van der Waals surface area (Å²) in [6.45, 7) is -0.440. The van der Waals surface area contributed by atoms with Crippen molar-refractivity contribution in [3.05, 3.63) is 59.7 Å². The lowest BCUT2D eigenvalue weighted by molar-refractivity contribution is 0.0913. The van der Waals surface area contributed by atoms with Gasteiger partial charge in [0.1, 0.15) is 23.1 Å². The molecule has 0 atom stereocenters. The zero-order valence-electron chi connectivity index (χ0n) is 10.7. The van der Waals surface area contributed by atoms with Crippen LogP contribution in [0.5, 0.6) is 11.5 Å². The summed E-state index contributed by atoms with van der Waals surface area (Å²) in [5.74, 6) is -1.49. The van der Waals surface area contributed by atoms with Crippen molar-refractivity contribution in [1.29, 1.82) is 0 Å². The molecule has 3 nitrogen and oxygen atoms in total. The predicted molar refractivity (Wildman–Crippen MR) is 69.2 cm³/mol. The number of halogens is 2. The van der Waals surface area contributed by atoms with E-state index >= 15 is 0 Å². The molecule has 0 aromatic heterocycles. The van der Waals surface area contributed by atoms with Gasteiger partial charge < -0.3 is 9.47 Å². The Labute approximate surface area is 114 Å². The van der Waals surface area contributed by atoms with E-state index in [4.69, 9.17) is 9.47 Å². The van der Waals surface area contributed by atoms with Gasteiger partial charge in [0.15, 0.2) is 6.61 Å². The molecule has 0 aliphatic carbocycles. The van der Waals surface area contributed by atoms with E-state index in [9.17, 15) is 13.6 Å². The van der Waals surface area contributed by atoms with Crippen molar-refractivity contribution in [2.75, 3.05) is 13.7 Å². The summed E-state index contributed by atoms with van der Waals surface area (Å²) >= 11 is 0. The van der Waals surface area contributed by atoms with Crippen LogP contribution in [0.2, 0.25) is 0 Å². The minimum absolute atomic E-state index is 0.413. The fourth-order valence-electron chi connectivity index (χ4n) is 1.66. The van der Waals surface area contributed by atoms with Crippen molar-refractivity contribution in [3.63, 3.8) is 0 Å². The molecule has 0 amide bonds. The number of benzene rings is 2. The number of carbonyl (C=O) groups excluding carboxylic acids is 1. The van der Waals surface area contributed by atoms with Crippen LogP contribution in [-0.2, 0) is 0 Å². The summed E-state index contributed by atoms with van der Waals surface area (Å²) in [5, 5.41) is 0. The van der Waals surface area contributed by atoms with Crippen LogP contribution in [-0.4, -0.2) is 19.5 Å². The highest BCUT2D eigenvalue weighted by molar-refractivity contribution is 5.97. The van der Waals surface area contributed by atoms with Crippen LogP contribution in [0.15, 0.2) is 42.5 Å². The van der Waals surface area contributed by atoms with Crippen LogP contribution in [0, 0.1) is 11.6 Å². The monoisotopic (exact) mass is 278 g/mol. The number of hydrogen-bond donors (Lipinski definition) is 0. The number of rotatable bonds is 5. The molecular formula is C15H12F2O3. The van der Waals surface area contributed by atoms with Gasteiger partial charge in [-0.1, -0.05) is 6.07 Å². The van der Waals surface area contributed by atoms with Crippen LogP contribution in [0.3, 0.4) is 0 Å². The van der Waals surface area contributed by atoms with E-state index in [0.717, 1.165) is 12.1 Å². The van der Waals surface area contributed by atoms with Crippen LogP contribution in [0.25, 0.3) is 0 Å². The summed E-state index contributed by atoms with van der Waals surface area (Å²) in [4.78, 5) is 11.8. The molecule has 2 aromatic carbocycles. The Hall–Kier alpha value is -2.43. The van der Waals surface area contributed by atoms with Crippen LogP contribution in [0.1, 0.15) is 10.4 Å². The molecule has 0 N–H and O–H groups in total. The fraction of sp³-hybridized carbons (Fsp3) is 0.133. The Balaban J connectivity index is 2.05. The van der Waals surface area contributed by atoms with Crippen molar-refractivity contribution >= 4 is 5.78 Å². The lowest BCUT2D eigenvalue weighted by Gasteiger charge is -2.07. The van der Waals surface area contributed by atoms with E-state index < -0.39 is 29.6 Å². The lowest BCUT2D eigenvalue weighted by atomic mass is 10.1. The minimum atomic E-state index is -0.895. The molecular weight excluding hydrogens is 266 g/mol. The second kappa shape index (κ2) is 6.14. The van der Waals surface area contributed by atoms with E-state index in [2.05, 4.69) is 0 Å². The van der Waals surface area contributed by atoms with Crippen molar-refractivity contribution in [2.24, 2.45) is 0 Å². The zero-order chi connectivity index (χ0) is 14.5. The summed E-state index contributed by atoms with van der Waals surface area (Å²) in [6, 6.07) is 9.78. The predicted octanol–water partition coefficient (Wildman–Crippen LogP) is 3.24. The van der Waals surface area contributed by atoms with Gasteiger partial charge in [-0.25, -0.2) is 8.78 Å². The highest BCUT2D eigenvalue weighted by Crippen LogP contribution is 2.18. The van der Waals surface area contributed by atoms with Crippen molar-refractivity contribution in [1.82, 2.24) is 0 Å². The Morgan fingerprint density at radius 2 is 1.55 bits per heavy atom. The molecule has 0 radical (unpaired) electrons. The third kappa shape index (κ3) is 3.12. The van der Waals surface area contributed by atoms with Gasteiger partial charge >= 0.3 is 0 Å². The van der Waals surface area contributed by atoms with E-state index in [-0.39, 0.29) is 0 Å². The highest BCUT2D eigenvalue weighted by atomic mass is 19.1. The third-order valence-corrected chi connectivity index (χ3v) is 2.67. The van der Waals surface area contributed by atoms with Gasteiger partial charge in [0.25, 0.3) is 0 Å². The van der Waals surface area contributed by atoms with E-state index in [1.54, 1.807) is 24.3 Å². The largest absolute Gasteiger partial charge is 0.497 e. The molecule has 2 rings (SSSR count).